The zero-order chi connectivity index (χ0) is 17.0. The lowest BCUT2D eigenvalue weighted by Crippen LogP contribution is -2.42. The van der Waals surface area contributed by atoms with Gasteiger partial charge >= 0.3 is 6.09 Å². The fraction of sp³-hybridized carbons (Fsp3) is 0.588. The van der Waals surface area contributed by atoms with Gasteiger partial charge in [-0.3, -0.25) is 0 Å². The predicted octanol–water partition coefficient (Wildman–Crippen LogP) is 3.99. The highest BCUT2D eigenvalue weighted by molar-refractivity contribution is 5.68. The Kier molecular flexibility index (Phi) is 5.44. The monoisotopic (exact) mass is 327 g/mol. The standard InChI is InChI=1S/C17H23F2NO3/c1-17(2,3)23-16(21)20-9-7-12(8-10-20)11-22-15-13(18)5-4-6-14(15)19/h4-6,12H,7-11H2,1-3H3. The quantitative estimate of drug-likeness (QED) is 0.842. The van der Waals surface area contributed by atoms with Crippen LogP contribution in [0.5, 0.6) is 5.75 Å². The minimum Gasteiger partial charge on any atom is -0.487 e. The average Bonchev–Trinajstić information content (AvgIpc) is 2.45. The van der Waals surface area contributed by atoms with Crippen molar-refractivity contribution in [1.82, 2.24) is 4.90 Å². The van der Waals surface area contributed by atoms with Crippen LogP contribution in [0.4, 0.5) is 13.6 Å². The van der Waals surface area contributed by atoms with Crippen molar-refractivity contribution in [2.45, 2.75) is 39.2 Å². The lowest BCUT2D eigenvalue weighted by Gasteiger charge is -2.33. The first kappa shape index (κ1) is 17.5. The third kappa shape index (κ3) is 5.08. The van der Waals surface area contributed by atoms with Gasteiger partial charge < -0.3 is 14.4 Å². The summed E-state index contributed by atoms with van der Waals surface area (Å²) in [6, 6.07) is 3.64. The molecule has 23 heavy (non-hydrogen) atoms. The maximum atomic E-state index is 13.5. The SMILES string of the molecule is CC(C)(C)OC(=O)N1CCC(COc2c(F)cccc2F)CC1. The van der Waals surface area contributed by atoms with Crippen LogP contribution in [0.3, 0.4) is 0 Å². The molecule has 0 saturated carbocycles. The molecule has 1 aliphatic rings. The molecule has 1 amide bonds. The minimum atomic E-state index is -0.698. The highest BCUT2D eigenvalue weighted by atomic mass is 19.1. The first-order chi connectivity index (χ1) is 10.8. The van der Waals surface area contributed by atoms with E-state index in [0.717, 1.165) is 12.8 Å². The van der Waals surface area contributed by atoms with Gasteiger partial charge in [0.1, 0.15) is 5.60 Å². The van der Waals surface area contributed by atoms with Gasteiger partial charge in [-0.15, -0.1) is 0 Å². The second kappa shape index (κ2) is 7.15. The molecule has 6 heteroatoms. The number of hydrogen-bond donors (Lipinski definition) is 0. The van der Waals surface area contributed by atoms with Gasteiger partial charge in [-0.2, -0.15) is 0 Å². The van der Waals surface area contributed by atoms with E-state index in [2.05, 4.69) is 0 Å². The number of para-hydroxylation sites is 1. The van der Waals surface area contributed by atoms with Crippen LogP contribution in [0.25, 0.3) is 0 Å². The fourth-order valence-corrected chi connectivity index (χ4v) is 2.43. The van der Waals surface area contributed by atoms with Crippen molar-refractivity contribution in [2.24, 2.45) is 5.92 Å². The zero-order valence-corrected chi connectivity index (χ0v) is 13.8. The van der Waals surface area contributed by atoms with Gasteiger partial charge in [0.25, 0.3) is 0 Å². The van der Waals surface area contributed by atoms with Crippen LogP contribution in [-0.4, -0.2) is 36.3 Å². The van der Waals surface area contributed by atoms with Crippen LogP contribution < -0.4 is 4.74 Å². The average molecular weight is 327 g/mol. The molecule has 0 spiro atoms. The molecule has 1 aliphatic heterocycles. The number of carbonyl (C=O) groups is 1. The summed E-state index contributed by atoms with van der Waals surface area (Å²) in [5, 5.41) is 0. The van der Waals surface area contributed by atoms with Crippen molar-refractivity contribution in [2.75, 3.05) is 19.7 Å². The number of carbonyl (C=O) groups excluding carboxylic acids is 1. The van der Waals surface area contributed by atoms with Gasteiger partial charge in [0, 0.05) is 13.1 Å². The Morgan fingerprint density at radius 1 is 1.22 bits per heavy atom. The molecular formula is C17H23F2NO3. The Morgan fingerprint density at radius 2 is 1.78 bits per heavy atom. The number of rotatable bonds is 3. The molecule has 128 valence electrons. The Hall–Kier alpha value is -1.85. The summed E-state index contributed by atoms with van der Waals surface area (Å²) in [6.07, 6.45) is 1.11. The van der Waals surface area contributed by atoms with Crippen LogP contribution in [0.2, 0.25) is 0 Å². The van der Waals surface area contributed by atoms with E-state index in [9.17, 15) is 13.6 Å². The number of halogens is 2. The second-order valence-electron chi connectivity index (χ2n) is 6.77. The molecule has 2 rings (SSSR count). The van der Waals surface area contributed by atoms with Crippen LogP contribution >= 0.6 is 0 Å². The summed E-state index contributed by atoms with van der Waals surface area (Å²) in [4.78, 5) is 13.6. The van der Waals surface area contributed by atoms with Gasteiger partial charge in [0.15, 0.2) is 17.4 Å². The van der Waals surface area contributed by atoms with Crippen LogP contribution in [0.1, 0.15) is 33.6 Å². The molecule has 1 aromatic carbocycles. The van der Waals surface area contributed by atoms with Crippen LogP contribution in [0, 0.1) is 17.6 Å². The highest BCUT2D eigenvalue weighted by Gasteiger charge is 2.27. The van der Waals surface area contributed by atoms with Crippen LogP contribution in [-0.2, 0) is 4.74 Å². The number of ether oxygens (including phenoxy) is 2. The molecule has 0 aliphatic carbocycles. The summed E-state index contributed by atoms with van der Waals surface area (Å²) in [5.74, 6) is -1.57. The molecule has 0 radical (unpaired) electrons. The molecular weight excluding hydrogens is 304 g/mol. The van der Waals surface area contributed by atoms with E-state index >= 15 is 0 Å². The number of piperidine rings is 1. The number of benzene rings is 1. The van der Waals surface area contributed by atoms with Gasteiger partial charge in [-0.05, 0) is 51.7 Å². The first-order valence-corrected chi connectivity index (χ1v) is 7.81. The van der Waals surface area contributed by atoms with Gasteiger partial charge in [-0.25, -0.2) is 13.6 Å². The summed E-state index contributed by atoms with van der Waals surface area (Å²) in [6.45, 7) is 6.84. The Bertz CT molecular complexity index is 529. The largest absolute Gasteiger partial charge is 0.487 e. The van der Waals surface area contributed by atoms with E-state index in [0.29, 0.717) is 13.1 Å². The maximum absolute atomic E-state index is 13.5. The van der Waals surface area contributed by atoms with Crippen molar-refractivity contribution < 1.29 is 23.0 Å². The van der Waals surface area contributed by atoms with Gasteiger partial charge in [0.05, 0.1) is 6.61 Å². The molecule has 0 aromatic heterocycles. The summed E-state index contributed by atoms with van der Waals surface area (Å²) in [7, 11) is 0. The predicted molar refractivity (Wildman–Crippen MR) is 82.4 cm³/mol. The van der Waals surface area contributed by atoms with E-state index in [1.54, 1.807) is 4.90 Å². The molecule has 0 atom stereocenters. The number of nitrogens with zero attached hydrogens (tertiary/aromatic N) is 1. The number of amides is 1. The lowest BCUT2D eigenvalue weighted by atomic mass is 9.98. The third-order valence-electron chi connectivity index (χ3n) is 3.65. The Balaban J connectivity index is 1.80. The van der Waals surface area contributed by atoms with E-state index in [4.69, 9.17) is 9.47 Å². The Labute approximate surface area is 135 Å². The normalized spacial score (nSPS) is 16.3. The zero-order valence-electron chi connectivity index (χ0n) is 13.8. The van der Waals surface area contributed by atoms with Crippen LogP contribution in [0.15, 0.2) is 18.2 Å². The van der Waals surface area contributed by atoms with Crippen molar-refractivity contribution in [3.8, 4) is 5.75 Å². The number of likely N-dealkylation sites (tertiary alicyclic amines) is 1. The summed E-state index contributed by atoms with van der Waals surface area (Å²) in [5.41, 5.74) is -0.514. The van der Waals surface area contributed by atoms with Gasteiger partial charge in [0.2, 0.25) is 0 Å². The van der Waals surface area contributed by atoms with E-state index in [1.165, 1.54) is 18.2 Å². The third-order valence-corrected chi connectivity index (χ3v) is 3.65. The fourth-order valence-electron chi connectivity index (χ4n) is 2.43. The molecule has 1 aromatic rings. The molecule has 0 bridgehead atoms. The second-order valence-corrected chi connectivity index (χ2v) is 6.77. The molecule has 1 fully saturated rings. The summed E-state index contributed by atoms with van der Waals surface area (Å²) >= 11 is 0. The minimum absolute atomic E-state index is 0.160. The topological polar surface area (TPSA) is 38.8 Å². The Morgan fingerprint density at radius 3 is 2.30 bits per heavy atom. The van der Waals surface area contributed by atoms with Crippen molar-refractivity contribution >= 4 is 6.09 Å². The maximum Gasteiger partial charge on any atom is 0.410 e. The van der Waals surface area contributed by atoms with Crippen molar-refractivity contribution in [3.63, 3.8) is 0 Å². The molecule has 0 N–H and O–H groups in total. The molecule has 0 unspecified atom stereocenters. The molecule has 1 saturated heterocycles. The van der Waals surface area contributed by atoms with Crippen molar-refractivity contribution in [1.29, 1.82) is 0 Å². The van der Waals surface area contributed by atoms with Crippen molar-refractivity contribution in [3.05, 3.63) is 29.8 Å². The molecule has 4 nitrogen and oxygen atoms in total. The highest BCUT2D eigenvalue weighted by Crippen LogP contribution is 2.24. The van der Waals surface area contributed by atoms with Gasteiger partial charge in [-0.1, -0.05) is 6.07 Å². The molecule has 1 heterocycles. The van der Waals surface area contributed by atoms with E-state index in [-0.39, 0.29) is 24.4 Å². The summed E-state index contributed by atoms with van der Waals surface area (Å²) < 4.78 is 37.6. The van der Waals surface area contributed by atoms with E-state index in [1.807, 2.05) is 20.8 Å². The lowest BCUT2D eigenvalue weighted by molar-refractivity contribution is 0.0164. The first-order valence-electron chi connectivity index (χ1n) is 7.81. The smallest absolute Gasteiger partial charge is 0.410 e. The van der Waals surface area contributed by atoms with E-state index < -0.39 is 17.2 Å². The number of hydrogen-bond acceptors (Lipinski definition) is 3.